The number of carbonyl (C=O) groups excluding carboxylic acids is 1. The summed E-state index contributed by atoms with van der Waals surface area (Å²) in [6.45, 7) is 4.31. The number of hydrogen-bond donors (Lipinski definition) is 0. The van der Waals surface area contributed by atoms with Crippen LogP contribution in [0.1, 0.15) is 27.0 Å². The van der Waals surface area contributed by atoms with Crippen molar-refractivity contribution in [2.45, 2.75) is 17.9 Å². The van der Waals surface area contributed by atoms with Crippen molar-refractivity contribution in [1.82, 2.24) is 0 Å². The Balaban J connectivity index is 1.65. The second-order valence-electron chi connectivity index (χ2n) is 7.06. The van der Waals surface area contributed by atoms with E-state index in [2.05, 4.69) is 22.5 Å². The zero-order valence-electron chi connectivity index (χ0n) is 17.1. The molecule has 0 bridgehead atoms. The maximum atomic E-state index is 12.8. The van der Waals surface area contributed by atoms with Crippen molar-refractivity contribution in [3.63, 3.8) is 0 Å². The summed E-state index contributed by atoms with van der Waals surface area (Å²) in [4.78, 5) is 14.4. The van der Waals surface area contributed by atoms with E-state index in [4.69, 9.17) is 9.47 Å². The Morgan fingerprint density at radius 2 is 1.87 bits per heavy atom. The van der Waals surface area contributed by atoms with Crippen LogP contribution < -0.4 is 9.47 Å². The van der Waals surface area contributed by atoms with E-state index in [1.165, 1.54) is 11.8 Å². The molecule has 0 aliphatic carbocycles. The fourth-order valence-electron chi connectivity index (χ4n) is 3.41. The highest BCUT2D eigenvalue weighted by molar-refractivity contribution is 9.10. The minimum atomic E-state index is 0.0559. The molecule has 156 valence electrons. The summed E-state index contributed by atoms with van der Waals surface area (Å²) < 4.78 is 12.8. The molecule has 0 amide bonds. The summed E-state index contributed by atoms with van der Waals surface area (Å²) in [6.07, 6.45) is 4.38. The normalized spacial score (nSPS) is 13.9. The van der Waals surface area contributed by atoms with Crippen LogP contribution in [0.5, 0.6) is 11.5 Å². The number of allylic oxidation sites excluding steroid dienone is 2. The van der Waals surface area contributed by atoms with Gasteiger partial charge in [-0.1, -0.05) is 58.0 Å². The first-order valence-corrected chi connectivity index (χ1v) is 11.4. The fourth-order valence-corrected chi connectivity index (χ4v) is 4.73. The topological polar surface area (TPSA) is 35.5 Å². The van der Waals surface area contributed by atoms with Crippen molar-refractivity contribution in [2.75, 3.05) is 7.11 Å². The second kappa shape index (κ2) is 9.58. The van der Waals surface area contributed by atoms with Crippen LogP contribution in [0.4, 0.5) is 0 Å². The van der Waals surface area contributed by atoms with E-state index in [9.17, 15) is 4.79 Å². The van der Waals surface area contributed by atoms with Gasteiger partial charge >= 0.3 is 0 Å². The Morgan fingerprint density at radius 1 is 1.10 bits per heavy atom. The predicted molar refractivity (Wildman–Crippen MR) is 130 cm³/mol. The first-order valence-electron chi connectivity index (χ1n) is 9.81. The molecule has 0 N–H and O–H groups in total. The Hall–Kier alpha value is -2.76. The van der Waals surface area contributed by atoms with E-state index in [1.807, 2.05) is 72.8 Å². The molecular weight excluding hydrogens is 472 g/mol. The standard InChI is InChI=1S/C26H21BrO3S/c1-3-6-19-13-18(15-24-25(28)21-7-4-5-8-23(21)31-24)14-22(29-2)26(19)30-16-17-9-11-20(27)12-10-17/h3-5,7-15H,1,6,16H2,2H3/b24-15+. The summed E-state index contributed by atoms with van der Waals surface area (Å²) in [5.74, 6) is 1.39. The van der Waals surface area contributed by atoms with Crippen molar-refractivity contribution < 1.29 is 14.3 Å². The number of methoxy groups -OCH3 is 1. The molecule has 0 spiro atoms. The number of hydrogen-bond acceptors (Lipinski definition) is 4. The number of fused-ring (bicyclic) bond motifs is 1. The maximum absolute atomic E-state index is 12.8. The molecule has 4 rings (SSSR count). The molecule has 0 unspecified atom stereocenters. The van der Waals surface area contributed by atoms with Crippen molar-refractivity contribution >= 4 is 39.6 Å². The Labute approximate surface area is 194 Å². The third kappa shape index (κ3) is 4.78. The van der Waals surface area contributed by atoms with Crippen molar-refractivity contribution in [3.8, 4) is 11.5 Å². The summed E-state index contributed by atoms with van der Waals surface area (Å²) in [5.41, 5.74) is 3.68. The molecule has 0 saturated carbocycles. The van der Waals surface area contributed by atoms with E-state index in [-0.39, 0.29) is 5.78 Å². The molecule has 1 aliphatic rings. The van der Waals surface area contributed by atoms with Crippen LogP contribution in [0.3, 0.4) is 0 Å². The minimum absolute atomic E-state index is 0.0559. The highest BCUT2D eigenvalue weighted by atomic mass is 79.9. The molecule has 0 fully saturated rings. The van der Waals surface area contributed by atoms with Gasteiger partial charge in [0.2, 0.25) is 5.78 Å². The van der Waals surface area contributed by atoms with Crippen LogP contribution in [0, 0.1) is 0 Å². The molecule has 5 heteroatoms. The van der Waals surface area contributed by atoms with Crippen molar-refractivity contribution in [3.05, 3.63) is 105 Å². The van der Waals surface area contributed by atoms with Gasteiger partial charge in [-0.15, -0.1) is 6.58 Å². The zero-order chi connectivity index (χ0) is 21.8. The van der Waals surface area contributed by atoms with Crippen LogP contribution in [-0.4, -0.2) is 12.9 Å². The molecule has 3 aromatic carbocycles. The number of carbonyl (C=O) groups is 1. The molecular formula is C26H21BrO3S. The van der Waals surface area contributed by atoms with E-state index >= 15 is 0 Å². The fraction of sp³-hybridized carbons (Fsp3) is 0.115. The predicted octanol–water partition coefficient (Wildman–Crippen LogP) is 7.09. The van der Waals surface area contributed by atoms with Gasteiger partial charge < -0.3 is 9.47 Å². The second-order valence-corrected chi connectivity index (χ2v) is 9.05. The molecule has 1 heterocycles. The number of rotatable bonds is 7. The Morgan fingerprint density at radius 3 is 2.58 bits per heavy atom. The van der Waals surface area contributed by atoms with Crippen LogP contribution >= 0.6 is 27.7 Å². The average Bonchev–Trinajstić information content (AvgIpc) is 3.09. The summed E-state index contributed by atoms with van der Waals surface area (Å²) in [6, 6.07) is 19.6. The number of ketones is 1. The summed E-state index contributed by atoms with van der Waals surface area (Å²) in [5, 5.41) is 0. The highest BCUT2D eigenvalue weighted by Gasteiger charge is 2.25. The van der Waals surface area contributed by atoms with E-state index in [1.54, 1.807) is 7.11 Å². The Kier molecular flexibility index (Phi) is 6.64. The van der Waals surface area contributed by atoms with Gasteiger partial charge in [0, 0.05) is 20.5 Å². The van der Waals surface area contributed by atoms with Gasteiger partial charge in [0.15, 0.2) is 11.5 Å². The monoisotopic (exact) mass is 492 g/mol. The molecule has 0 saturated heterocycles. The first-order chi connectivity index (χ1) is 15.1. The Bertz CT molecular complexity index is 1170. The first kappa shape index (κ1) is 21.5. The van der Waals surface area contributed by atoms with Crippen LogP contribution in [0.25, 0.3) is 6.08 Å². The van der Waals surface area contributed by atoms with Crippen LogP contribution in [-0.2, 0) is 13.0 Å². The van der Waals surface area contributed by atoms with Gasteiger partial charge in [0.1, 0.15) is 6.61 Å². The van der Waals surface area contributed by atoms with Crippen molar-refractivity contribution in [1.29, 1.82) is 0 Å². The van der Waals surface area contributed by atoms with Gasteiger partial charge in [-0.05, 0) is 60.0 Å². The maximum Gasteiger partial charge on any atom is 0.200 e. The quantitative estimate of drug-likeness (QED) is 0.260. The van der Waals surface area contributed by atoms with Gasteiger partial charge in [0.25, 0.3) is 0 Å². The number of thioether (sulfide) groups is 1. The number of benzene rings is 3. The largest absolute Gasteiger partial charge is 0.493 e. The van der Waals surface area contributed by atoms with E-state index < -0.39 is 0 Å². The average molecular weight is 493 g/mol. The van der Waals surface area contributed by atoms with Gasteiger partial charge in [-0.3, -0.25) is 4.79 Å². The lowest BCUT2D eigenvalue weighted by Crippen LogP contribution is -2.02. The molecule has 0 aromatic heterocycles. The molecule has 31 heavy (non-hydrogen) atoms. The van der Waals surface area contributed by atoms with Gasteiger partial charge in [-0.2, -0.15) is 0 Å². The lowest BCUT2D eigenvalue weighted by Gasteiger charge is -2.16. The third-order valence-electron chi connectivity index (χ3n) is 4.91. The van der Waals surface area contributed by atoms with Crippen LogP contribution in [0.15, 0.2) is 87.6 Å². The van der Waals surface area contributed by atoms with Crippen LogP contribution in [0.2, 0.25) is 0 Å². The third-order valence-corrected chi connectivity index (χ3v) is 6.54. The minimum Gasteiger partial charge on any atom is -0.493 e. The number of halogens is 1. The highest BCUT2D eigenvalue weighted by Crippen LogP contribution is 2.42. The molecule has 3 nitrogen and oxygen atoms in total. The summed E-state index contributed by atoms with van der Waals surface area (Å²) >= 11 is 4.95. The zero-order valence-corrected chi connectivity index (χ0v) is 19.5. The molecule has 3 aromatic rings. The van der Waals surface area contributed by atoms with E-state index in [0.717, 1.165) is 31.6 Å². The lowest BCUT2D eigenvalue weighted by molar-refractivity contribution is 0.104. The van der Waals surface area contributed by atoms with Gasteiger partial charge in [-0.25, -0.2) is 0 Å². The number of Topliss-reactive ketones (excluding diaryl/α,β-unsaturated/α-hetero) is 1. The summed E-state index contributed by atoms with van der Waals surface area (Å²) in [7, 11) is 1.63. The van der Waals surface area contributed by atoms with E-state index in [0.29, 0.717) is 29.4 Å². The number of ether oxygens (including phenoxy) is 2. The van der Waals surface area contributed by atoms with Gasteiger partial charge in [0.05, 0.1) is 12.0 Å². The molecule has 1 aliphatic heterocycles. The SMILES string of the molecule is C=CCc1cc(/C=C2/Sc3ccccc3C2=O)cc(OC)c1OCc1ccc(Br)cc1. The lowest BCUT2D eigenvalue weighted by atomic mass is 10.0. The molecule has 0 radical (unpaired) electrons. The van der Waals surface area contributed by atoms with Crippen molar-refractivity contribution in [2.24, 2.45) is 0 Å². The molecule has 0 atom stereocenters. The smallest absolute Gasteiger partial charge is 0.200 e.